The third-order valence-electron chi connectivity index (χ3n) is 2.99. The first kappa shape index (κ1) is 13.6. The van der Waals surface area contributed by atoms with E-state index >= 15 is 0 Å². The van der Waals surface area contributed by atoms with Gasteiger partial charge in [0.25, 0.3) is 0 Å². The summed E-state index contributed by atoms with van der Waals surface area (Å²) in [6, 6.07) is 8.94. The van der Waals surface area contributed by atoms with E-state index < -0.39 is 0 Å². The van der Waals surface area contributed by atoms with E-state index in [0.717, 1.165) is 5.75 Å². The Hall–Kier alpha value is -0.430. The molecule has 0 atom stereocenters. The highest BCUT2D eigenvalue weighted by Crippen LogP contribution is 2.10. The molecule has 0 aliphatic heterocycles. The van der Waals surface area contributed by atoms with E-state index in [2.05, 4.69) is 43.8 Å². The third-order valence-corrected chi connectivity index (χ3v) is 3.31. The minimum Gasteiger partial charge on any atom is -0.179 e. The SMILES string of the molecule is Cc1ccc(CCCCCCCCS)cc1. The molecule has 0 spiro atoms. The van der Waals surface area contributed by atoms with Crippen molar-refractivity contribution in [2.24, 2.45) is 0 Å². The molecule has 1 aromatic carbocycles. The second-order valence-electron chi connectivity index (χ2n) is 4.58. The summed E-state index contributed by atoms with van der Waals surface area (Å²) in [4.78, 5) is 0. The van der Waals surface area contributed by atoms with Crippen molar-refractivity contribution in [1.29, 1.82) is 0 Å². The van der Waals surface area contributed by atoms with E-state index in [0.29, 0.717) is 0 Å². The summed E-state index contributed by atoms with van der Waals surface area (Å²) in [6.45, 7) is 2.14. The van der Waals surface area contributed by atoms with Gasteiger partial charge in [-0.15, -0.1) is 0 Å². The van der Waals surface area contributed by atoms with Gasteiger partial charge >= 0.3 is 0 Å². The van der Waals surface area contributed by atoms with Crippen LogP contribution in [0.5, 0.6) is 0 Å². The van der Waals surface area contributed by atoms with Crippen LogP contribution in [0.3, 0.4) is 0 Å². The largest absolute Gasteiger partial charge is 0.179 e. The molecule has 0 unspecified atom stereocenters. The standard InChI is InChI=1S/C15H24S/c1-14-9-11-15(12-10-14)8-6-4-2-3-5-7-13-16/h9-12,16H,2-8,13H2,1H3. The molecule has 1 heteroatoms. The van der Waals surface area contributed by atoms with Crippen molar-refractivity contribution in [2.45, 2.75) is 51.9 Å². The Labute approximate surface area is 106 Å². The van der Waals surface area contributed by atoms with Crippen LogP contribution in [0.4, 0.5) is 0 Å². The minimum atomic E-state index is 1.05. The molecule has 1 rings (SSSR count). The van der Waals surface area contributed by atoms with Gasteiger partial charge in [0.15, 0.2) is 0 Å². The summed E-state index contributed by atoms with van der Waals surface area (Å²) >= 11 is 4.22. The topological polar surface area (TPSA) is 0 Å². The minimum absolute atomic E-state index is 1.05. The molecule has 0 aliphatic carbocycles. The molecular formula is C15H24S. The molecule has 90 valence electrons. The zero-order valence-electron chi connectivity index (χ0n) is 10.4. The molecule has 0 amide bonds. The Bertz CT molecular complexity index is 263. The van der Waals surface area contributed by atoms with Gasteiger partial charge in [0.2, 0.25) is 0 Å². The lowest BCUT2D eigenvalue weighted by Crippen LogP contribution is -1.86. The van der Waals surface area contributed by atoms with Gasteiger partial charge in [0.05, 0.1) is 0 Å². The van der Waals surface area contributed by atoms with Crippen LogP contribution in [0.15, 0.2) is 24.3 Å². The maximum Gasteiger partial charge on any atom is -0.00979 e. The average Bonchev–Trinajstić information content (AvgIpc) is 2.30. The zero-order chi connectivity index (χ0) is 11.6. The number of rotatable bonds is 8. The monoisotopic (exact) mass is 236 g/mol. The van der Waals surface area contributed by atoms with Gasteiger partial charge in [0, 0.05) is 0 Å². The van der Waals surface area contributed by atoms with Crippen LogP contribution in [-0.4, -0.2) is 5.75 Å². The van der Waals surface area contributed by atoms with E-state index in [1.807, 2.05) is 0 Å². The Morgan fingerprint density at radius 3 is 2.00 bits per heavy atom. The van der Waals surface area contributed by atoms with Crippen molar-refractivity contribution in [3.63, 3.8) is 0 Å². The van der Waals surface area contributed by atoms with Gasteiger partial charge in [0.1, 0.15) is 0 Å². The molecular weight excluding hydrogens is 212 g/mol. The summed E-state index contributed by atoms with van der Waals surface area (Å²) in [6.07, 6.45) is 9.36. The lowest BCUT2D eigenvalue weighted by molar-refractivity contribution is 0.609. The lowest BCUT2D eigenvalue weighted by atomic mass is 10.0. The number of benzene rings is 1. The molecule has 1 aromatic rings. The average molecular weight is 236 g/mol. The number of hydrogen-bond donors (Lipinski definition) is 1. The fourth-order valence-electron chi connectivity index (χ4n) is 1.90. The predicted molar refractivity (Wildman–Crippen MR) is 76.4 cm³/mol. The molecule has 0 aromatic heterocycles. The van der Waals surface area contributed by atoms with Gasteiger partial charge in [-0.25, -0.2) is 0 Å². The van der Waals surface area contributed by atoms with Crippen LogP contribution in [0.1, 0.15) is 49.7 Å². The van der Waals surface area contributed by atoms with Gasteiger partial charge in [-0.2, -0.15) is 12.6 Å². The molecule has 0 aliphatic rings. The van der Waals surface area contributed by atoms with E-state index in [9.17, 15) is 0 Å². The number of aryl methyl sites for hydroxylation is 2. The number of thiol groups is 1. The Morgan fingerprint density at radius 2 is 1.38 bits per heavy atom. The predicted octanol–water partition coefficient (Wildman–Crippen LogP) is 4.81. The van der Waals surface area contributed by atoms with Crippen LogP contribution in [0.2, 0.25) is 0 Å². The molecule has 0 radical (unpaired) electrons. The molecule has 0 nitrogen and oxygen atoms in total. The van der Waals surface area contributed by atoms with Crippen LogP contribution in [0.25, 0.3) is 0 Å². The molecule has 0 saturated heterocycles. The second kappa shape index (κ2) is 8.69. The second-order valence-corrected chi connectivity index (χ2v) is 5.03. The highest BCUT2D eigenvalue weighted by Gasteiger charge is 1.94. The molecule has 0 heterocycles. The molecule has 0 fully saturated rings. The summed E-state index contributed by atoms with van der Waals surface area (Å²) in [5.41, 5.74) is 2.84. The zero-order valence-corrected chi connectivity index (χ0v) is 11.3. The first-order valence-corrected chi connectivity index (χ1v) is 7.12. The van der Waals surface area contributed by atoms with Gasteiger partial charge < -0.3 is 0 Å². The quantitative estimate of drug-likeness (QED) is 0.486. The van der Waals surface area contributed by atoms with E-state index in [4.69, 9.17) is 0 Å². The van der Waals surface area contributed by atoms with Crippen molar-refractivity contribution < 1.29 is 0 Å². The molecule has 0 N–H and O–H groups in total. The molecule has 0 saturated carbocycles. The maximum absolute atomic E-state index is 4.22. The van der Waals surface area contributed by atoms with Crippen LogP contribution >= 0.6 is 12.6 Å². The number of unbranched alkanes of at least 4 members (excludes halogenated alkanes) is 5. The maximum atomic E-state index is 4.22. The van der Waals surface area contributed by atoms with Gasteiger partial charge in [-0.1, -0.05) is 55.5 Å². The van der Waals surface area contributed by atoms with Crippen molar-refractivity contribution in [3.8, 4) is 0 Å². The Morgan fingerprint density at radius 1 is 0.812 bits per heavy atom. The fourth-order valence-corrected chi connectivity index (χ4v) is 2.13. The summed E-state index contributed by atoms with van der Waals surface area (Å²) < 4.78 is 0. The van der Waals surface area contributed by atoms with Crippen LogP contribution in [-0.2, 0) is 6.42 Å². The normalized spacial score (nSPS) is 10.6. The summed E-state index contributed by atoms with van der Waals surface area (Å²) in [5.74, 6) is 1.05. The van der Waals surface area contributed by atoms with Gasteiger partial charge in [-0.05, 0) is 37.5 Å². The van der Waals surface area contributed by atoms with Crippen molar-refractivity contribution in [1.82, 2.24) is 0 Å². The van der Waals surface area contributed by atoms with Crippen molar-refractivity contribution >= 4 is 12.6 Å². The lowest BCUT2D eigenvalue weighted by Gasteiger charge is -2.02. The highest BCUT2D eigenvalue weighted by molar-refractivity contribution is 7.80. The van der Waals surface area contributed by atoms with Crippen LogP contribution < -0.4 is 0 Å². The van der Waals surface area contributed by atoms with Crippen LogP contribution in [0, 0.1) is 6.92 Å². The highest BCUT2D eigenvalue weighted by atomic mass is 32.1. The Kier molecular flexibility index (Phi) is 7.41. The summed E-state index contributed by atoms with van der Waals surface area (Å²) in [7, 11) is 0. The fraction of sp³-hybridized carbons (Fsp3) is 0.600. The Balaban J connectivity index is 2.01. The first-order valence-electron chi connectivity index (χ1n) is 6.49. The first-order chi connectivity index (χ1) is 7.83. The van der Waals surface area contributed by atoms with E-state index in [1.165, 1.54) is 56.1 Å². The molecule has 16 heavy (non-hydrogen) atoms. The van der Waals surface area contributed by atoms with E-state index in [-0.39, 0.29) is 0 Å². The smallest absolute Gasteiger partial charge is 0.00979 e. The third kappa shape index (κ3) is 6.22. The van der Waals surface area contributed by atoms with Gasteiger partial charge in [-0.3, -0.25) is 0 Å². The van der Waals surface area contributed by atoms with Crippen molar-refractivity contribution in [3.05, 3.63) is 35.4 Å². The number of hydrogen-bond acceptors (Lipinski definition) is 1. The van der Waals surface area contributed by atoms with Crippen molar-refractivity contribution in [2.75, 3.05) is 5.75 Å². The summed E-state index contributed by atoms with van der Waals surface area (Å²) in [5, 5.41) is 0. The van der Waals surface area contributed by atoms with E-state index in [1.54, 1.807) is 0 Å². The molecule has 0 bridgehead atoms.